The lowest BCUT2D eigenvalue weighted by molar-refractivity contribution is -0.0586. The van der Waals surface area contributed by atoms with Crippen molar-refractivity contribution in [2.45, 2.75) is 53.0 Å². The zero-order chi connectivity index (χ0) is 19.4. The van der Waals surface area contributed by atoms with Gasteiger partial charge in [0.2, 0.25) is 0 Å². The Balaban J connectivity index is 1.53. The molecule has 2 atom stereocenters. The van der Waals surface area contributed by atoms with Crippen LogP contribution >= 0.6 is 0 Å². The number of nitrogens with zero attached hydrogens (tertiary/aromatic N) is 1. The minimum absolute atomic E-state index is 0.0894. The van der Waals surface area contributed by atoms with E-state index in [-0.39, 0.29) is 18.1 Å². The van der Waals surface area contributed by atoms with E-state index in [4.69, 9.17) is 4.74 Å². The third-order valence-electron chi connectivity index (χ3n) is 5.14. The molecule has 3 rings (SSSR count). The van der Waals surface area contributed by atoms with Crippen LogP contribution in [0.25, 0.3) is 0 Å². The molecule has 0 saturated carbocycles. The molecule has 1 aliphatic heterocycles. The standard InChI is InChI=1S/C23H30N2O2/c1-16-5-6-21(11-17(16)2)13-24-12-20-7-9-22(10-8-20)23(26)25-14-18(3)27-19(4)15-25/h5-11,18-19,24H,12-15H2,1-4H3. The largest absolute Gasteiger partial charge is 0.372 e. The van der Waals surface area contributed by atoms with Crippen molar-refractivity contribution in [3.63, 3.8) is 0 Å². The third kappa shape index (κ3) is 5.18. The van der Waals surface area contributed by atoms with Crippen LogP contribution in [0.4, 0.5) is 0 Å². The number of aryl methyl sites for hydroxylation is 2. The Morgan fingerprint density at radius 1 is 0.963 bits per heavy atom. The molecule has 27 heavy (non-hydrogen) atoms. The van der Waals surface area contributed by atoms with E-state index in [1.807, 2.05) is 43.0 Å². The maximum atomic E-state index is 12.7. The number of nitrogens with one attached hydrogen (secondary N) is 1. The van der Waals surface area contributed by atoms with E-state index in [0.717, 1.165) is 18.7 Å². The minimum Gasteiger partial charge on any atom is -0.372 e. The summed E-state index contributed by atoms with van der Waals surface area (Å²) in [7, 11) is 0. The number of benzene rings is 2. The number of hydrogen-bond donors (Lipinski definition) is 1. The van der Waals surface area contributed by atoms with E-state index in [0.29, 0.717) is 13.1 Å². The Morgan fingerprint density at radius 3 is 2.19 bits per heavy atom. The number of hydrogen-bond acceptors (Lipinski definition) is 3. The van der Waals surface area contributed by atoms with Gasteiger partial charge in [-0.15, -0.1) is 0 Å². The molecule has 2 aromatic carbocycles. The first-order valence-corrected chi connectivity index (χ1v) is 9.73. The molecule has 4 heteroatoms. The van der Waals surface area contributed by atoms with E-state index in [2.05, 4.69) is 37.4 Å². The van der Waals surface area contributed by atoms with E-state index in [1.165, 1.54) is 22.3 Å². The molecule has 2 unspecified atom stereocenters. The van der Waals surface area contributed by atoms with Gasteiger partial charge in [-0.1, -0.05) is 30.3 Å². The number of ether oxygens (including phenoxy) is 1. The van der Waals surface area contributed by atoms with Gasteiger partial charge < -0.3 is 15.0 Å². The summed E-state index contributed by atoms with van der Waals surface area (Å²) in [5.74, 6) is 0.0895. The van der Waals surface area contributed by atoms with Gasteiger partial charge in [0.15, 0.2) is 0 Å². The SMILES string of the molecule is Cc1ccc(CNCc2ccc(C(=O)N3CC(C)OC(C)C3)cc2)cc1C. The highest BCUT2D eigenvalue weighted by molar-refractivity contribution is 5.94. The highest BCUT2D eigenvalue weighted by atomic mass is 16.5. The maximum Gasteiger partial charge on any atom is 0.254 e. The Bertz CT molecular complexity index is 775. The van der Waals surface area contributed by atoms with Gasteiger partial charge in [0.25, 0.3) is 5.91 Å². The van der Waals surface area contributed by atoms with Crippen molar-refractivity contribution in [1.82, 2.24) is 10.2 Å². The summed E-state index contributed by atoms with van der Waals surface area (Å²) in [6.07, 6.45) is 0.179. The van der Waals surface area contributed by atoms with Gasteiger partial charge in [-0.3, -0.25) is 4.79 Å². The van der Waals surface area contributed by atoms with E-state index in [9.17, 15) is 4.79 Å². The quantitative estimate of drug-likeness (QED) is 0.874. The van der Waals surface area contributed by atoms with Crippen molar-refractivity contribution >= 4 is 5.91 Å². The molecular weight excluding hydrogens is 336 g/mol. The molecule has 1 heterocycles. The summed E-state index contributed by atoms with van der Waals surface area (Å²) < 4.78 is 5.71. The second-order valence-electron chi connectivity index (χ2n) is 7.69. The fraction of sp³-hybridized carbons (Fsp3) is 0.435. The summed E-state index contributed by atoms with van der Waals surface area (Å²) in [4.78, 5) is 14.6. The lowest BCUT2D eigenvalue weighted by Crippen LogP contribution is -2.48. The average molecular weight is 367 g/mol. The van der Waals surface area contributed by atoms with Crippen LogP contribution in [0, 0.1) is 13.8 Å². The number of carbonyl (C=O) groups is 1. The van der Waals surface area contributed by atoms with Crippen molar-refractivity contribution in [1.29, 1.82) is 0 Å². The zero-order valence-electron chi connectivity index (χ0n) is 16.8. The number of amides is 1. The summed E-state index contributed by atoms with van der Waals surface area (Å²) in [5.41, 5.74) is 5.86. The first kappa shape index (κ1) is 19.6. The Morgan fingerprint density at radius 2 is 1.56 bits per heavy atom. The molecular formula is C23H30N2O2. The second kappa shape index (κ2) is 8.68. The van der Waals surface area contributed by atoms with E-state index < -0.39 is 0 Å². The molecule has 1 fully saturated rings. The van der Waals surface area contributed by atoms with Crippen LogP contribution in [0.3, 0.4) is 0 Å². The maximum absolute atomic E-state index is 12.7. The normalized spacial score (nSPS) is 19.9. The van der Waals surface area contributed by atoms with Crippen LogP contribution in [0.15, 0.2) is 42.5 Å². The lowest BCUT2D eigenvalue weighted by atomic mass is 10.1. The Kier molecular flexibility index (Phi) is 6.30. The number of morpholine rings is 1. The van der Waals surface area contributed by atoms with Crippen molar-refractivity contribution in [2.24, 2.45) is 0 Å². The van der Waals surface area contributed by atoms with Gasteiger partial charge in [-0.2, -0.15) is 0 Å². The second-order valence-corrected chi connectivity index (χ2v) is 7.69. The van der Waals surface area contributed by atoms with E-state index >= 15 is 0 Å². The summed E-state index contributed by atoms with van der Waals surface area (Å²) in [5, 5.41) is 3.48. The van der Waals surface area contributed by atoms with Gasteiger partial charge >= 0.3 is 0 Å². The molecule has 1 aliphatic rings. The fourth-order valence-electron chi connectivity index (χ4n) is 3.56. The van der Waals surface area contributed by atoms with Gasteiger partial charge in [-0.05, 0) is 62.1 Å². The third-order valence-corrected chi connectivity index (χ3v) is 5.14. The molecule has 0 spiro atoms. The summed E-state index contributed by atoms with van der Waals surface area (Å²) in [6.45, 7) is 11.2. The number of carbonyl (C=O) groups excluding carboxylic acids is 1. The van der Waals surface area contributed by atoms with Gasteiger partial charge in [-0.25, -0.2) is 0 Å². The lowest BCUT2D eigenvalue weighted by Gasteiger charge is -2.35. The van der Waals surface area contributed by atoms with Crippen molar-refractivity contribution < 1.29 is 9.53 Å². The minimum atomic E-state index is 0.0894. The molecule has 1 saturated heterocycles. The Labute approximate surface area is 162 Å². The summed E-state index contributed by atoms with van der Waals surface area (Å²) in [6, 6.07) is 14.5. The summed E-state index contributed by atoms with van der Waals surface area (Å²) >= 11 is 0. The van der Waals surface area contributed by atoms with Gasteiger partial charge in [0.05, 0.1) is 12.2 Å². The molecule has 1 amide bonds. The predicted octanol–water partition coefficient (Wildman–Crippen LogP) is 3.84. The van der Waals surface area contributed by atoms with Crippen LogP contribution in [-0.4, -0.2) is 36.1 Å². The predicted molar refractivity (Wildman–Crippen MR) is 109 cm³/mol. The Hall–Kier alpha value is -2.17. The van der Waals surface area contributed by atoms with Crippen molar-refractivity contribution in [2.75, 3.05) is 13.1 Å². The monoisotopic (exact) mass is 366 g/mol. The topological polar surface area (TPSA) is 41.6 Å². The van der Waals surface area contributed by atoms with Crippen LogP contribution in [0.5, 0.6) is 0 Å². The molecule has 1 N–H and O–H groups in total. The average Bonchev–Trinajstić information content (AvgIpc) is 2.64. The first-order valence-electron chi connectivity index (χ1n) is 9.73. The molecule has 0 bridgehead atoms. The highest BCUT2D eigenvalue weighted by Gasteiger charge is 2.26. The highest BCUT2D eigenvalue weighted by Crippen LogP contribution is 2.15. The fourth-order valence-corrected chi connectivity index (χ4v) is 3.56. The zero-order valence-corrected chi connectivity index (χ0v) is 16.8. The molecule has 0 aromatic heterocycles. The smallest absolute Gasteiger partial charge is 0.254 e. The number of rotatable bonds is 5. The van der Waals surface area contributed by atoms with Crippen LogP contribution < -0.4 is 5.32 Å². The first-order chi connectivity index (χ1) is 12.9. The van der Waals surface area contributed by atoms with Gasteiger partial charge in [0.1, 0.15) is 0 Å². The van der Waals surface area contributed by atoms with Crippen molar-refractivity contribution in [3.8, 4) is 0 Å². The van der Waals surface area contributed by atoms with Crippen molar-refractivity contribution in [3.05, 3.63) is 70.3 Å². The van der Waals surface area contributed by atoms with Crippen LogP contribution in [-0.2, 0) is 17.8 Å². The van der Waals surface area contributed by atoms with Crippen LogP contribution in [0.2, 0.25) is 0 Å². The molecule has 0 aliphatic carbocycles. The molecule has 144 valence electrons. The van der Waals surface area contributed by atoms with Crippen LogP contribution in [0.1, 0.15) is 46.5 Å². The van der Waals surface area contributed by atoms with E-state index in [1.54, 1.807) is 0 Å². The van der Waals surface area contributed by atoms with Gasteiger partial charge in [0, 0.05) is 31.7 Å². The molecule has 2 aromatic rings. The molecule has 0 radical (unpaired) electrons. The molecule has 4 nitrogen and oxygen atoms in total.